The van der Waals surface area contributed by atoms with Crippen molar-refractivity contribution in [1.29, 1.82) is 0 Å². The lowest BCUT2D eigenvalue weighted by Gasteiger charge is -2.41. The molecule has 8 nitrogen and oxygen atoms in total. The number of ether oxygens (including phenoxy) is 1. The maximum Gasteiger partial charge on any atom is 0.293 e. The Bertz CT molecular complexity index is 1070. The lowest BCUT2D eigenvalue weighted by molar-refractivity contribution is -0.142. The Balaban J connectivity index is 1.78. The molecular weight excluding hydrogens is 491 g/mol. The van der Waals surface area contributed by atoms with Gasteiger partial charge in [0, 0.05) is 30.2 Å². The molecule has 3 rings (SSSR count). The zero-order valence-electron chi connectivity index (χ0n) is 18.7. The first kappa shape index (κ1) is 25.7. The molecule has 0 aliphatic heterocycles. The summed E-state index contributed by atoms with van der Waals surface area (Å²) >= 11 is 7.47. The number of nitrogens with zero attached hydrogens (tertiary/aromatic N) is 2. The van der Waals surface area contributed by atoms with Gasteiger partial charge in [0.25, 0.3) is 16.5 Å². The van der Waals surface area contributed by atoms with Crippen LogP contribution in [0, 0.1) is 5.82 Å². The number of carbonyl (C=O) groups is 1. The van der Waals surface area contributed by atoms with Crippen molar-refractivity contribution in [1.82, 2.24) is 9.88 Å². The molecule has 2 N–H and O–H groups in total. The summed E-state index contributed by atoms with van der Waals surface area (Å²) in [5, 5.41) is 5.17. The number of carbonyl (C=O) groups excluding carboxylic acids is 1. The van der Waals surface area contributed by atoms with Gasteiger partial charge in [-0.3, -0.25) is 14.4 Å². The van der Waals surface area contributed by atoms with Crippen LogP contribution < -0.4 is 10.0 Å². The van der Waals surface area contributed by atoms with E-state index in [1.807, 2.05) is 20.9 Å². The SMILES string of the molecule is CN(CC(C)(C)OC=O)[C@H]1CCCC[C@@H]1Nc1cc(F)c(S(=O)(=O)Nc2nccs2)cc1Cl. The first-order valence-corrected chi connectivity index (χ1v) is 13.3. The van der Waals surface area contributed by atoms with Crippen molar-refractivity contribution in [2.75, 3.05) is 23.6 Å². The minimum absolute atomic E-state index is 0.0383. The lowest BCUT2D eigenvalue weighted by atomic mass is 9.88. The van der Waals surface area contributed by atoms with Gasteiger partial charge in [-0.15, -0.1) is 11.3 Å². The van der Waals surface area contributed by atoms with Gasteiger partial charge in [-0.1, -0.05) is 24.4 Å². The number of likely N-dealkylation sites (N-methyl/N-ethyl adjacent to an activating group) is 1. The van der Waals surface area contributed by atoms with Gasteiger partial charge in [-0.05, 0) is 45.9 Å². The van der Waals surface area contributed by atoms with Crippen LogP contribution in [0.15, 0.2) is 28.6 Å². The number of halogens is 2. The van der Waals surface area contributed by atoms with Crippen LogP contribution in [0.1, 0.15) is 39.5 Å². The molecule has 182 valence electrons. The van der Waals surface area contributed by atoms with Crippen LogP contribution in [0.25, 0.3) is 0 Å². The molecule has 1 fully saturated rings. The maximum absolute atomic E-state index is 14.9. The predicted molar refractivity (Wildman–Crippen MR) is 128 cm³/mol. The molecule has 0 spiro atoms. The van der Waals surface area contributed by atoms with Gasteiger partial charge < -0.3 is 10.1 Å². The molecule has 0 bridgehead atoms. The summed E-state index contributed by atoms with van der Waals surface area (Å²) < 4.78 is 47.5. The molecule has 1 aromatic heterocycles. The molecule has 2 atom stereocenters. The zero-order valence-corrected chi connectivity index (χ0v) is 21.1. The van der Waals surface area contributed by atoms with E-state index in [0.29, 0.717) is 18.7 Å². The Morgan fingerprint density at radius 2 is 2.09 bits per heavy atom. The maximum atomic E-state index is 14.9. The fraction of sp³-hybridized carbons (Fsp3) is 0.524. The number of nitrogens with one attached hydrogen (secondary N) is 2. The Labute approximate surface area is 202 Å². The second-order valence-electron chi connectivity index (χ2n) is 8.70. The number of thiazole rings is 1. The van der Waals surface area contributed by atoms with E-state index >= 15 is 0 Å². The third-order valence-corrected chi connectivity index (χ3v) is 8.08. The number of hydrogen-bond acceptors (Lipinski definition) is 8. The predicted octanol–water partition coefficient (Wildman–Crippen LogP) is 4.34. The van der Waals surface area contributed by atoms with Gasteiger partial charge in [-0.2, -0.15) is 0 Å². The number of sulfonamides is 1. The van der Waals surface area contributed by atoms with E-state index in [1.165, 1.54) is 6.20 Å². The lowest BCUT2D eigenvalue weighted by Crippen LogP contribution is -2.51. The number of anilines is 2. The topological polar surface area (TPSA) is 101 Å². The van der Waals surface area contributed by atoms with Crippen molar-refractivity contribution < 1.29 is 22.3 Å². The average molecular weight is 519 g/mol. The molecule has 0 radical (unpaired) electrons. The summed E-state index contributed by atoms with van der Waals surface area (Å²) in [6, 6.07) is 2.28. The summed E-state index contributed by atoms with van der Waals surface area (Å²) in [6.45, 7) is 4.66. The average Bonchev–Trinajstić information content (AvgIpc) is 3.22. The molecule has 2 aromatic rings. The van der Waals surface area contributed by atoms with Gasteiger partial charge in [0.05, 0.1) is 10.7 Å². The van der Waals surface area contributed by atoms with Crippen LogP contribution in [0.2, 0.25) is 5.02 Å². The third-order valence-electron chi connectivity index (χ3n) is 5.60. The van der Waals surface area contributed by atoms with Crippen LogP contribution in [0.4, 0.5) is 15.2 Å². The van der Waals surface area contributed by atoms with E-state index in [4.69, 9.17) is 16.3 Å². The van der Waals surface area contributed by atoms with Crippen LogP contribution in [-0.2, 0) is 19.6 Å². The fourth-order valence-electron chi connectivity index (χ4n) is 4.18. The second kappa shape index (κ2) is 10.5. The molecule has 1 aromatic carbocycles. The number of aromatic nitrogens is 1. The van der Waals surface area contributed by atoms with Crippen LogP contribution >= 0.6 is 22.9 Å². The van der Waals surface area contributed by atoms with Gasteiger partial charge in [0.15, 0.2) is 5.13 Å². The second-order valence-corrected chi connectivity index (χ2v) is 11.6. The standard InChI is InChI=1S/C21H28ClFN4O4S2/c1-21(2,31-13-28)12-27(3)18-7-5-4-6-16(18)25-17-11-15(23)19(10-14(17)22)33(29,30)26-20-24-8-9-32-20/h8-11,13,16,18,25H,4-7,12H2,1-3H3,(H,24,26)/t16-,18-/m0/s1. The van der Waals surface area contributed by atoms with Gasteiger partial charge in [0.1, 0.15) is 16.3 Å². The van der Waals surface area contributed by atoms with Crippen molar-refractivity contribution in [2.24, 2.45) is 0 Å². The highest BCUT2D eigenvalue weighted by molar-refractivity contribution is 7.93. The van der Waals surface area contributed by atoms with E-state index in [0.717, 1.165) is 49.2 Å². The van der Waals surface area contributed by atoms with Gasteiger partial charge in [0.2, 0.25) is 0 Å². The quantitative estimate of drug-likeness (QED) is 0.451. The molecule has 33 heavy (non-hydrogen) atoms. The van der Waals surface area contributed by atoms with Gasteiger partial charge >= 0.3 is 0 Å². The number of rotatable bonds is 10. The Morgan fingerprint density at radius 3 is 2.76 bits per heavy atom. The normalized spacial score (nSPS) is 19.3. The van der Waals surface area contributed by atoms with Crippen LogP contribution in [0.5, 0.6) is 0 Å². The fourth-order valence-corrected chi connectivity index (χ4v) is 6.34. The van der Waals surface area contributed by atoms with E-state index < -0.39 is 26.3 Å². The highest BCUT2D eigenvalue weighted by atomic mass is 35.5. The first-order valence-electron chi connectivity index (χ1n) is 10.5. The number of hydrogen-bond donors (Lipinski definition) is 2. The summed E-state index contributed by atoms with van der Waals surface area (Å²) in [4.78, 5) is 16.2. The van der Waals surface area contributed by atoms with E-state index in [9.17, 15) is 17.6 Å². The van der Waals surface area contributed by atoms with Crippen LogP contribution in [0.3, 0.4) is 0 Å². The van der Waals surface area contributed by atoms with E-state index in [2.05, 4.69) is 19.9 Å². The smallest absolute Gasteiger partial charge is 0.293 e. The molecule has 1 aliphatic carbocycles. The van der Waals surface area contributed by atoms with Crippen LogP contribution in [-0.4, -0.2) is 56.1 Å². The molecule has 0 unspecified atom stereocenters. The Hall–Kier alpha value is -1.95. The van der Waals surface area contributed by atoms with Gasteiger partial charge in [-0.25, -0.2) is 17.8 Å². The molecule has 12 heteroatoms. The van der Waals surface area contributed by atoms with E-state index in [1.54, 1.807) is 5.38 Å². The Morgan fingerprint density at radius 1 is 1.36 bits per heavy atom. The van der Waals surface area contributed by atoms with Crippen molar-refractivity contribution >= 4 is 50.3 Å². The van der Waals surface area contributed by atoms with Crippen molar-refractivity contribution in [3.63, 3.8) is 0 Å². The van der Waals surface area contributed by atoms with Crippen molar-refractivity contribution in [2.45, 2.75) is 62.1 Å². The van der Waals surface area contributed by atoms with E-state index in [-0.39, 0.29) is 22.2 Å². The molecule has 1 heterocycles. The van der Waals surface area contributed by atoms with Crippen molar-refractivity contribution in [3.05, 3.63) is 34.5 Å². The largest absolute Gasteiger partial charge is 0.461 e. The first-order chi connectivity index (χ1) is 15.5. The molecular formula is C21H28ClFN4O4S2. The minimum atomic E-state index is -4.18. The highest BCUT2D eigenvalue weighted by Gasteiger charge is 2.33. The summed E-state index contributed by atoms with van der Waals surface area (Å²) in [6.07, 6.45) is 5.25. The highest BCUT2D eigenvalue weighted by Crippen LogP contribution is 2.33. The molecule has 0 amide bonds. The molecule has 1 aliphatic rings. The molecule has 1 saturated carbocycles. The summed E-state index contributed by atoms with van der Waals surface area (Å²) in [7, 11) is -2.22. The zero-order chi connectivity index (χ0) is 24.2. The summed E-state index contributed by atoms with van der Waals surface area (Å²) in [5.41, 5.74) is -0.320. The number of benzene rings is 1. The third kappa shape index (κ3) is 6.56. The monoisotopic (exact) mass is 518 g/mol. The summed E-state index contributed by atoms with van der Waals surface area (Å²) in [5.74, 6) is -0.910. The molecule has 0 saturated heterocycles. The minimum Gasteiger partial charge on any atom is -0.461 e. The van der Waals surface area contributed by atoms with Crippen molar-refractivity contribution in [3.8, 4) is 0 Å². The Kier molecular flexibility index (Phi) is 8.20.